The smallest absolute Gasteiger partial charge is 0.246 e. The lowest BCUT2D eigenvalue weighted by atomic mass is 9.99. The monoisotopic (exact) mass is 371 g/mol. The van der Waals surface area contributed by atoms with Gasteiger partial charge in [-0.2, -0.15) is 0 Å². The Morgan fingerprint density at radius 2 is 2.27 bits per heavy atom. The van der Waals surface area contributed by atoms with E-state index >= 15 is 0 Å². The Kier molecular flexibility index (Phi) is 6.06. The molecule has 0 bridgehead atoms. The Bertz CT molecular complexity index is 787. The average Bonchev–Trinajstić information content (AvgIpc) is 3.04. The van der Waals surface area contributed by atoms with E-state index in [2.05, 4.69) is 11.9 Å². The molecule has 2 N–H and O–H groups in total. The van der Waals surface area contributed by atoms with Crippen LogP contribution in [0.5, 0.6) is 5.75 Å². The highest BCUT2D eigenvalue weighted by Gasteiger charge is 2.25. The van der Waals surface area contributed by atoms with Crippen molar-refractivity contribution < 1.29 is 9.53 Å². The number of carbonyl (C=O) groups is 1. The molecule has 2 unspecified atom stereocenters. The second-order valence-corrected chi connectivity index (χ2v) is 7.75. The molecule has 1 aliphatic heterocycles. The van der Waals surface area contributed by atoms with Crippen LogP contribution < -0.4 is 10.5 Å². The van der Waals surface area contributed by atoms with Crippen LogP contribution in [0.15, 0.2) is 35.7 Å². The van der Waals surface area contributed by atoms with Gasteiger partial charge in [-0.05, 0) is 38.8 Å². The molecule has 2 heterocycles. The molecule has 1 aromatic carbocycles. The third kappa shape index (κ3) is 4.71. The van der Waals surface area contributed by atoms with Gasteiger partial charge in [-0.25, -0.2) is 4.98 Å². The van der Waals surface area contributed by atoms with Crippen LogP contribution in [0, 0.1) is 6.92 Å². The number of piperidine rings is 1. The van der Waals surface area contributed by atoms with E-state index in [1.165, 1.54) is 0 Å². The Balaban J connectivity index is 1.65. The van der Waals surface area contributed by atoms with Crippen molar-refractivity contribution in [3.63, 3.8) is 0 Å². The number of hydrogen-bond acceptors (Lipinski definition) is 5. The van der Waals surface area contributed by atoms with Crippen molar-refractivity contribution in [3.8, 4) is 5.75 Å². The van der Waals surface area contributed by atoms with E-state index in [9.17, 15) is 4.79 Å². The molecule has 3 rings (SSSR count). The lowest BCUT2D eigenvalue weighted by Crippen LogP contribution is -2.47. The Hall–Kier alpha value is -2.18. The van der Waals surface area contributed by atoms with Crippen molar-refractivity contribution in [1.82, 2.24) is 9.88 Å². The highest BCUT2D eigenvalue weighted by atomic mass is 32.1. The summed E-state index contributed by atoms with van der Waals surface area (Å²) in [4.78, 5) is 18.8. The van der Waals surface area contributed by atoms with Crippen LogP contribution in [-0.4, -0.2) is 34.4 Å². The predicted molar refractivity (Wildman–Crippen MR) is 105 cm³/mol. The molecule has 1 aliphatic rings. The van der Waals surface area contributed by atoms with E-state index < -0.39 is 0 Å². The Morgan fingerprint density at radius 1 is 1.46 bits per heavy atom. The first-order valence-electron chi connectivity index (χ1n) is 8.90. The van der Waals surface area contributed by atoms with Gasteiger partial charge in [0, 0.05) is 35.6 Å². The summed E-state index contributed by atoms with van der Waals surface area (Å²) in [5.74, 6) is 0.769. The predicted octanol–water partition coefficient (Wildman–Crippen LogP) is 3.38. The normalized spacial score (nSPS) is 20.5. The van der Waals surface area contributed by atoms with Crippen molar-refractivity contribution in [2.24, 2.45) is 5.73 Å². The molecule has 26 heavy (non-hydrogen) atoms. The number of para-hydroxylation sites is 1. The van der Waals surface area contributed by atoms with E-state index in [1.54, 1.807) is 17.4 Å². The minimum Gasteiger partial charge on any atom is -0.487 e. The molecule has 1 amide bonds. The van der Waals surface area contributed by atoms with Crippen molar-refractivity contribution in [2.45, 2.75) is 45.4 Å². The first-order valence-corrected chi connectivity index (χ1v) is 9.78. The molecule has 2 atom stereocenters. The van der Waals surface area contributed by atoms with Gasteiger partial charge < -0.3 is 15.4 Å². The molecule has 0 aliphatic carbocycles. The van der Waals surface area contributed by atoms with Gasteiger partial charge in [-0.3, -0.25) is 4.79 Å². The number of ether oxygens (including phenoxy) is 1. The number of nitrogens with two attached hydrogens (primary N) is 1. The van der Waals surface area contributed by atoms with Crippen LogP contribution in [0.1, 0.15) is 36.0 Å². The molecule has 6 heteroatoms. The molecule has 138 valence electrons. The van der Waals surface area contributed by atoms with Gasteiger partial charge in [-0.15, -0.1) is 11.3 Å². The molecule has 1 aromatic heterocycles. The molecule has 0 spiro atoms. The lowest BCUT2D eigenvalue weighted by molar-refractivity contribution is -0.129. The summed E-state index contributed by atoms with van der Waals surface area (Å²) >= 11 is 1.61. The number of carbonyl (C=O) groups excluding carboxylic acids is 1. The Morgan fingerprint density at radius 3 is 3.00 bits per heavy atom. The molecule has 1 fully saturated rings. The van der Waals surface area contributed by atoms with E-state index in [0.29, 0.717) is 13.2 Å². The van der Waals surface area contributed by atoms with Crippen LogP contribution >= 0.6 is 11.3 Å². The average molecular weight is 372 g/mol. The van der Waals surface area contributed by atoms with Crippen LogP contribution in [-0.2, 0) is 11.4 Å². The van der Waals surface area contributed by atoms with E-state index in [0.717, 1.165) is 34.9 Å². The number of aryl methyl sites for hydroxylation is 1. The SMILES string of the molecule is Cc1nc(COc2ccccc2C=CC(=O)N2CCC(N)CC2C)cs1. The minimum absolute atomic E-state index is 0.0225. The minimum atomic E-state index is 0.0225. The van der Waals surface area contributed by atoms with Crippen LogP contribution in [0.4, 0.5) is 0 Å². The fourth-order valence-electron chi connectivity index (χ4n) is 3.17. The summed E-state index contributed by atoms with van der Waals surface area (Å²) in [5.41, 5.74) is 7.78. The van der Waals surface area contributed by atoms with Crippen molar-refractivity contribution in [3.05, 3.63) is 52.0 Å². The second kappa shape index (κ2) is 8.47. The van der Waals surface area contributed by atoms with Gasteiger partial charge >= 0.3 is 0 Å². The van der Waals surface area contributed by atoms with Crippen LogP contribution in [0.2, 0.25) is 0 Å². The summed E-state index contributed by atoms with van der Waals surface area (Å²) in [6.07, 6.45) is 5.16. The van der Waals surface area contributed by atoms with Crippen LogP contribution in [0.25, 0.3) is 6.08 Å². The quantitative estimate of drug-likeness (QED) is 0.818. The molecular formula is C20H25N3O2S. The fourth-order valence-corrected chi connectivity index (χ4v) is 3.77. The largest absolute Gasteiger partial charge is 0.487 e. The lowest BCUT2D eigenvalue weighted by Gasteiger charge is -2.35. The maximum absolute atomic E-state index is 12.5. The van der Waals surface area contributed by atoms with Crippen LogP contribution in [0.3, 0.4) is 0 Å². The molecule has 5 nitrogen and oxygen atoms in total. The van der Waals surface area contributed by atoms with Gasteiger partial charge in [0.2, 0.25) is 5.91 Å². The Labute approximate surface area is 158 Å². The molecule has 0 saturated carbocycles. The van der Waals surface area contributed by atoms with Crippen molar-refractivity contribution in [2.75, 3.05) is 6.54 Å². The number of aromatic nitrogens is 1. The number of likely N-dealkylation sites (tertiary alicyclic amines) is 1. The second-order valence-electron chi connectivity index (χ2n) is 6.68. The number of thiazole rings is 1. The van der Waals surface area contributed by atoms with E-state index in [1.807, 2.05) is 47.5 Å². The summed E-state index contributed by atoms with van der Waals surface area (Å²) < 4.78 is 5.90. The van der Waals surface area contributed by atoms with Gasteiger partial charge in [0.1, 0.15) is 12.4 Å². The standard InChI is InChI=1S/C20H25N3O2S/c1-14-11-17(21)9-10-23(14)20(24)8-7-16-5-3-4-6-19(16)25-12-18-13-26-15(2)22-18/h3-8,13-14,17H,9-12,21H2,1-2H3. The highest BCUT2D eigenvalue weighted by Crippen LogP contribution is 2.22. The maximum Gasteiger partial charge on any atom is 0.246 e. The van der Waals surface area contributed by atoms with Crippen molar-refractivity contribution in [1.29, 1.82) is 0 Å². The number of nitrogens with zero attached hydrogens (tertiary/aromatic N) is 2. The highest BCUT2D eigenvalue weighted by molar-refractivity contribution is 7.09. The third-order valence-electron chi connectivity index (χ3n) is 4.57. The zero-order valence-electron chi connectivity index (χ0n) is 15.2. The summed E-state index contributed by atoms with van der Waals surface area (Å²) in [5, 5.41) is 3.03. The molecule has 2 aromatic rings. The van der Waals surface area contributed by atoms with Crippen molar-refractivity contribution >= 4 is 23.3 Å². The zero-order chi connectivity index (χ0) is 18.5. The molecule has 0 radical (unpaired) electrons. The summed E-state index contributed by atoms with van der Waals surface area (Å²) in [6.45, 7) is 5.17. The number of rotatable bonds is 5. The van der Waals surface area contributed by atoms with E-state index in [-0.39, 0.29) is 18.0 Å². The van der Waals surface area contributed by atoms with Gasteiger partial charge in [0.15, 0.2) is 0 Å². The zero-order valence-corrected chi connectivity index (χ0v) is 16.0. The first kappa shape index (κ1) is 18.6. The molecular weight excluding hydrogens is 346 g/mol. The summed E-state index contributed by atoms with van der Waals surface area (Å²) in [7, 11) is 0. The number of benzene rings is 1. The first-order chi connectivity index (χ1) is 12.5. The van der Waals surface area contributed by atoms with Gasteiger partial charge in [0.25, 0.3) is 0 Å². The number of amides is 1. The topological polar surface area (TPSA) is 68.5 Å². The maximum atomic E-state index is 12.5. The summed E-state index contributed by atoms with van der Waals surface area (Å²) in [6, 6.07) is 8.09. The third-order valence-corrected chi connectivity index (χ3v) is 5.39. The van der Waals surface area contributed by atoms with E-state index in [4.69, 9.17) is 10.5 Å². The molecule has 1 saturated heterocycles. The fraction of sp³-hybridized carbons (Fsp3) is 0.400. The van der Waals surface area contributed by atoms with Gasteiger partial charge in [-0.1, -0.05) is 18.2 Å². The number of hydrogen-bond donors (Lipinski definition) is 1. The van der Waals surface area contributed by atoms with Gasteiger partial charge in [0.05, 0.1) is 10.7 Å².